The Kier molecular flexibility index (Phi) is 4.20. The van der Waals surface area contributed by atoms with Crippen molar-refractivity contribution in [2.45, 2.75) is 16.7 Å². The number of halogens is 2. The number of aryl methyl sites for hydroxylation is 1. The van der Waals surface area contributed by atoms with E-state index in [2.05, 4.69) is 4.98 Å². The normalized spacial score (nSPS) is 10.7. The van der Waals surface area contributed by atoms with Gasteiger partial charge in [-0.05, 0) is 48.4 Å². The summed E-state index contributed by atoms with van der Waals surface area (Å²) < 4.78 is 26.9. The standard InChI is InChI=1S/C18H13F2NS/c1-12-5-6-13(8-18(12)20)14-7-17(11-21-10-14)22-16-4-2-3-15(19)9-16/h2-11H,1H3. The van der Waals surface area contributed by atoms with Gasteiger partial charge in [0.2, 0.25) is 0 Å². The molecular weight excluding hydrogens is 300 g/mol. The van der Waals surface area contributed by atoms with Crippen LogP contribution in [-0.2, 0) is 0 Å². The first-order valence-electron chi connectivity index (χ1n) is 6.77. The van der Waals surface area contributed by atoms with E-state index >= 15 is 0 Å². The lowest BCUT2D eigenvalue weighted by Gasteiger charge is -2.06. The fourth-order valence-corrected chi connectivity index (χ4v) is 2.96. The predicted octanol–water partition coefficient (Wildman–Crippen LogP) is 5.49. The monoisotopic (exact) mass is 313 g/mol. The van der Waals surface area contributed by atoms with Crippen molar-refractivity contribution in [3.63, 3.8) is 0 Å². The van der Waals surface area contributed by atoms with Gasteiger partial charge in [-0.25, -0.2) is 8.78 Å². The van der Waals surface area contributed by atoms with E-state index in [1.807, 2.05) is 18.2 Å². The molecule has 1 aromatic heterocycles. The Hall–Kier alpha value is -2.20. The van der Waals surface area contributed by atoms with Gasteiger partial charge in [-0.1, -0.05) is 30.0 Å². The molecular formula is C18H13F2NS. The molecule has 0 atom stereocenters. The molecule has 3 rings (SSSR count). The van der Waals surface area contributed by atoms with Crippen LogP contribution in [0, 0.1) is 18.6 Å². The van der Waals surface area contributed by atoms with Crippen LogP contribution in [0.2, 0.25) is 0 Å². The van der Waals surface area contributed by atoms with Gasteiger partial charge in [0.05, 0.1) is 0 Å². The molecule has 0 radical (unpaired) electrons. The average molecular weight is 313 g/mol. The Labute approximate surface area is 132 Å². The van der Waals surface area contributed by atoms with Crippen LogP contribution in [0.1, 0.15) is 5.56 Å². The molecule has 0 aliphatic heterocycles. The summed E-state index contributed by atoms with van der Waals surface area (Å²) in [7, 11) is 0. The molecule has 0 aliphatic carbocycles. The fraction of sp³-hybridized carbons (Fsp3) is 0.0556. The van der Waals surface area contributed by atoms with Crippen molar-refractivity contribution in [1.29, 1.82) is 0 Å². The van der Waals surface area contributed by atoms with Gasteiger partial charge < -0.3 is 0 Å². The van der Waals surface area contributed by atoms with Gasteiger partial charge in [-0.2, -0.15) is 0 Å². The third-order valence-corrected chi connectivity index (χ3v) is 4.20. The summed E-state index contributed by atoms with van der Waals surface area (Å²) in [5, 5.41) is 0. The summed E-state index contributed by atoms with van der Waals surface area (Å²) in [6.07, 6.45) is 3.41. The van der Waals surface area contributed by atoms with Gasteiger partial charge in [0, 0.05) is 27.7 Å². The van der Waals surface area contributed by atoms with Crippen LogP contribution in [0.4, 0.5) is 8.78 Å². The predicted molar refractivity (Wildman–Crippen MR) is 84.9 cm³/mol. The van der Waals surface area contributed by atoms with E-state index in [-0.39, 0.29) is 11.6 Å². The number of aromatic nitrogens is 1. The molecule has 3 aromatic rings. The smallest absolute Gasteiger partial charge is 0.126 e. The third kappa shape index (κ3) is 3.34. The maximum absolute atomic E-state index is 13.7. The molecule has 0 N–H and O–H groups in total. The number of hydrogen-bond acceptors (Lipinski definition) is 2. The number of benzene rings is 2. The highest BCUT2D eigenvalue weighted by atomic mass is 32.2. The minimum Gasteiger partial charge on any atom is -0.263 e. The molecule has 0 aliphatic rings. The van der Waals surface area contributed by atoms with E-state index in [9.17, 15) is 8.78 Å². The summed E-state index contributed by atoms with van der Waals surface area (Å²) >= 11 is 1.42. The summed E-state index contributed by atoms with van der Waals surface area (Å²) in [6, 6.07) is 13.4. The molecule has 1 nitrogen and oxygen atoms in total. The Balaban J connectivity index is 1.90. The van der Waals surface area contributed by atoms with Crippen molar-refractivity contribution in [1.82, 2.24) is 4.98 Å². The van der Waals surface area contributed by atoms with Crippen LogP contribution < -0.4 is 0 Å². The summed E-state index contributed by atoms with van der Waals surface area (Å²) in [5.74, 6) is -0.504. The molecule has 4 heteroatoms. The minimum atomic E-state index is -0.269. The number of rotatable bonds is 3. The van der Waals surface area contributed by atoms with Crippen LogP contribution in [0.25, 0.3) is 11.1 Å². The quantitative estimate of drug-likeness (QED) is 0.634. The Bertz CT molecular complexity index is 818. The summed E-state index contributed by atoms with van der Waals surface area (Å²) in [6.45, 7) is 1.73. The van der Waals surface area contributed by atoms with E-state index in [1.54, 1.807) is 31.5 Å². The highest BCUT2D eigenvalue weighted by molar-refractivity contribution is 7.99. The maximum Gasteiger partial charge on any atom is 0.126 e. The highest BCUT2D eigenvalue weighted by Crippen LogP contribution is 2.30. The first kappa shape index (κ1) is 14.7. The lowest BCUT2D eigenvalue weighted by molar-refractivity contribution is 0.619. The van der Waals surface area contributed by atoms with Crippen molar-refractivity contribution >= 4 is 11.8 Å². The van der Waals surface area contributed by atoms with Crippen molar-refractivity contribution < 1.29 is 8.78 Å². The average Bonchev–Trinajstić information content (AvgIpc) is 2.50. The van der Waals surface area contributed by atoms with Crippen LogP contribution in [0.5, 0.6) is 0 Å². The van der Waals surface area contributed by atoms with Crippen molar-refractivity contribution in [2.75, 3.05) is 0 Å². The van der Waals surface area contributed by atoms with E-state index in [0.29, 0.717) is 5.56 Å². The number of pyridine rings is 1. The first-order chi connectivity index (χ1) is 10.6. The second-order valence-electron chi connectivity index (χ2n) is 4.93. The van der Waals surface area contributed by atoms with Gasteiger partial charge in [-0.15, -0.1) is 0 Å². The van der Waals surface area contributed by atoms with Gasteiger partial charge >= 0.3 is 0 Å². The summed E-state index contributed by atoms with van der Waals surface area (Å²) in [4.78, 5) is 5.87. The topological polar surface area (TPSA) is 12.9 Å². The van der Waals surface area contributed by atoms with Gasteiger partial charge in [0.1, 0.15) is 11.6 Å². The molecule has 1 heterocycles. The zero-order valence-electron chi connectivity index (χ0n) is 11.9. The molecule has 0 unspecified atom stereocenters. The van der Waals surface area contributed by atoms with E-state index < -0.39 is 0 Å². The zero-order valence-corrected chi connectivity index (χ0v) is 12.7. The van der Waals surface area contributed by atoms with Crippen molar-refractivity contribution in [3.05, 3.63) is 78.1 Å². The van der Waals surface area contributed by atoms with E-state index in [1.165, 1.54) is 30.0 Å². The molecule has 0 saturated heterocycles. The van der Waals surface area contributed by atoms with Crippen LogP contribution >= 0.6 is 11.8 Å². The molecule has 0 fully saturated rings. The number of nitrogens with zero attached hydrogens (tertiary/aromatic N) is 1. The van der Waals surface area contributed by atoms with E-state index in [4.69, 9.17) is 0 Å². The van der Waals surface area contributed by atoms with Gasteiger partial charge in [0.25, 0.3) is 0 Å². The minimum absolute atomic E-state index is 0.235. The van der Waals surface area contributed by atoms with Crippen LogP contribution in [-0.4, -0.2) is 4.98 Å². The zero-order chi connectivity index (χ0) is 15.5. The third-order valence-electron chi connectivity index (χ3n) is 3.25. The second-order valence-corrected chi connectivity index (χ2v) is 6.08. The molecule has 110 valence electrons. The molecule has 0 bridgehead atoms. The Morgan fingerprint density at radius 2 is 1.73 bits per heavy atom. The van der Waals surface area contributed by atoms with Crippen molar-refractivity contribution in [3.8, 4) is 11.1 Å². The SMILES string of the molecule is Cc1ccc(-c2cncc(Sc3cccc(F)c3)c2)cc1F. The van der Waals surface area contributed by atoms with Gasteiger partial charge in [-0.3, -0.25) is 4.98 Å². The fourth-order valence-electron chi connectivity index (χ4n) is 2.07. The lowest BCUT2D eigenvalue weighted by Crippen LogP contribution is -1.86. The van der Waals surface area contributed by atoms with E-state index in [0.717, 1.165) is 20.9 Å². The highest BCUT2D eigenvalue weighted by Gasteiger charge is 2.05. The second kappa shape index (κ2) is 6.28. The Morgan fingerprint density at radius 3 is 2.50 bits per heavy atom. The Morgan fingerprint density at radius 1 is 0.864 bits per heavy atom. The van der Waals surface area contributed by atoms with Crippen molar-refractivity contribution in [2.24, 2.45) is 0 Å². The van der Waals surface area contributed by atoms with Gasteiger partial charge in [0.15, 0.2) is 0 Å². The molecule has 0 saturated carbocycles. The molecule has 2 aromatic carbocycles. The molecule has 0 amide bonds. The summed E-state index contributed by atoms with van der Waals surface area (Å²) in [5.41, 5.74) is 2.22. The maximum atomic E-state index is 13.7. The van der Waals surface area contributed by atoms with Crippen LogP contribution in [0.15, 0.2) is 70.7 Å². The molecule has 0 spiro atoms. The largest absolute Gasteiger partial charge is 0.263 e. The van der Waals surface area contributed by atoms with Crippen LogP contribution in [0.3, 0.4) is 0 Å². The number of hydrogen-bond donors (Lipinski definition) is 0. The first-order valence-corrected chi connectivity index (χ1v) is 7.58. The molecule has 22 heavy (non-hydrogen) atoms. The lowest BCUT2D eigenvalue weighted by atomic mass is 10.1.